The van der Waals surface area contributed by atoms with Crippen molar-refractivity contribution < 1.29 is 37.4 Å². The molecule has 1 aliphatic heterocycles. The van der Waals surface area contributed by atoms with Crippen LogP contribution < -0.4 is 5.32 Å². The Morgan fingerprint density at radius 1 is 0.865 bits per heavy atom. The summed E-state index contributed by atoms with van der Waals surface area (Å²) in [6.45, 7) is 7.29. The first-order valence-corrected chi connectivity index (χ1v) is 18.9. The van der Waals surface area contributed by atoms with Gasteiger partial charge in [0.1, 0.15) is 11.9 Å². The van der Waals surface area contributed by atoms with Crippen LogP contribution in [0.25, 0.3) is 0 Å². The lowest BCUT2D eigenvalue weighted by Gasteiger charge is -2.43. The second-order valence-electron chi connectivity index (χ2n) is 13.9. The van der Waals surface area contributed by atoms with Crippen LogP contribution >= 0.6 is 0 Å². The average molecular weight is 730 g/mol. The molecule has 4 aromatic carbocycles. The fraction of sp³-hybridized carbons (Fsp3) is 0.325. The van der Waals surface area contributed by atoms with Gasteiger partial charge >= 0.3 is 5.97 Å². The summed E-state index contributed by atoms with van der Waals surface area (Å²) in [6.07, 6.45) is -0.380. The van der Waals surface area contributed by atoms with Crippen molar-refractivity contribution in [3.05, 3.63) is 142 Å². The molecule has 0 bridgehead atoms. The number of amides is 2. The number of carboxylic acid groups (broad SMARTS) is 1. The summed E-state index contributed by atoms with van der Waals surface area (Å²) in [5.74, 6) is -2.89. The van der Waals surface area contributed by atoms with E-state index in [1.807, 2.05) is 86.3 Å². The number of rotatable bonds is 13. The van der Waals surface area contributed by atoms with E-state index in [1.54, 1.807) is 17.0 Å². The van der Waals surface area contributed by atoms with Crippen LogP contribution in [0.2, 0.25) is 0 Å². The highest BCUT2D eigenvalue weighted by atomic mass is 32.2. The molecular weight excluding hydrogens is 686 g/mol. The Balaban J connectivity index is 1.58. The Hall–Kier alpha value is -4.91. The molecule has 2 amide bonds. The molecule has 12 heteroatoms. The number of aliphatic hydroxyl groups is 1. The Labute approximate surface area is 303 Å². The fourth-order valence-corrected chi connectivity index (χ4v) is 7.61. The molecule has 1 saturated heterocycles. The molecule has 3 unspecified atom stereocenters. The van der Waals surface area contributed by atoms with Crippen LogP contribution in [0.1, 0.15) is 82.0 Å². The van der Waals surface area contributed by atoms with E-state index in [0.29, 0.717) is 5.56 Å². The van der Waals surface area contributed by atoms with E-state index in [1.165, 1.54) is 31.2 Å². The monoisotopic (exact) mass is 729 g/mol. The molecule has 10 nitrogen and oxygen atoms in total. The SMILES string of the molecule is CC(c1cc(C(=O)O)cc(C(=O)N[C@@H](Cc2ccccc2)C(O)C2C(=O)N(Cc3ccccc3)C(C)(C)N2[C@H](C)c2ccc(F)cc2)c1)S(C)(=O)=O. The number of hydrogen-bond donors (Lipinski definition) is 3. The summed E-state index contributed by atoms with van der Waals surface area (Å²) in [5.41, 5.74) is 1.10. The van der Waals surface area contributed by atoms with Crippen molar-refractivity contribution >= 4 is 27.6 Å². The maximum Gasteiger partial charge on any atom is 0.335 e. The molecule has 0 spiro atoms. The van der Waals surface area contributed by atoms with Gasteiger partial charge in [-0.2, -0.15) is 0 Å². The number of nitrogens with zero attached hydrogens (tertiary/aromatic N) is 2. The molecule has 5 rings (SSSR count). The molecule has 0 radical (unpaired) electrons. The van der Waals surface area contributed by atoms with E-state index in [9.17, 15) is 37.4 Å². The molecule has 0 aromatic heterocycles. The highest BCUT2D eigenvalue weighted by Crippen LogP contribution is 2.42. The number of carbonyl (C=O) groups excluding carboxylic acids is 2. The van der Waals surface area contributed by atoms with E-state index >= 15 is 0 Å². The van der Waals surface area contributed by atoms with Gasteiger partial charge in [-0.1, -0.05) is 72.8 Å². The number of carbonyl (C=O) groups is 3. The van der Waals surface area contributed by atoms with Gasteiger partial charge in [0.05, 0.1) is 28.6 Å². The van der Waals surface area contributed by atoms with Crippen molar-refractivity contribution in [2.75, 3.05) is 6.26 Å². The Bertz CT molecular complexity index is 2030. The van der Waals surface area contributed by atoms with Gasteiger partial charge in [-0.05, 0) is 86.7 Å². The van der Waals surface area contributed by atoms with Crippen LogP contribution in [-0.2, 0) is 27.6 Å². The third-order valence-electron chi connectivity index (χ3n) is 9.99. The molecular formula is C40H44FN3O7S. The maximum absolute atomic E-state index is 14.6. The summed E-state index contributed by atoms with van der Waals surface area (Å²) >= 11 is 0. The number of aromatic carboxylic acids is 1. The topological polar surface area (TPSA) is 144 Å². The zero-order chi connectivity index (χ0) is 38.0. The van der Waals surface area contributed by atoms with Crippen LogP contribution in [0.4, 0.5) is 4.39 Å². The lowest BCUT2D eigenvalue weighted by molar-refractivity contribution is -0.134. The third-order valence-corrected chi connectivity index (χ3v) is 11.5. The van der Waals surface area contributed by atoms with Crippen molar-refractivity contribution in [1.82, 2.24) is 15.1 Å². The number of halogens is 1. The van der Waals surface area contributed by atoms with Gasteiger partial charge in [0.15, 0.2) is 9.84 Å². The number of hydrogen-bond acceptors (Lipinski definition) is 7. The summed E-state index contributed by atoms with van der Waals surface area (Å²) < 4.78 is 38.8. The largest absolute Gasteiger partial charge is 0.478 e. The molecule has 52 heavy (non-hydrogen) atoms. The first-order chi connectivity index (χ1) is 24.5. The van der Waals surface area contributed by atoms with Gasteiger partial charge in [0.2, 0.25) is 5.91 Å². The van der Waals surface area contributed by atoms with Crippen molar-refractivity contribution in [3.63, 3.8) is 0 Å². The molecule has 5 atom stereocenters. The third kappa shape index (κ3) is 8.25. The minimum atomic E-state index is -3.65. The summed E-state index contributed by atoms with van der Waals surface area (Å²) in [4.78, 5) is 44.3. The van der Waals surface area contributed by atoms with Crippen LogP contribution in [0.5, 0.6) is 0 Å². The zero-order valence-corrected chi connectivity index (χ0v) is 30.5. The quantitative estimate of drug-likeness (QED) is 0.163. The van der Waals surface area contributed by atoms with E-state index in [0.717, 1.165) is 23.4 Å². The summed E-state index contributed by atoms with van der Waals surface area (Å²) in [6, 6.07) is 25.4. The standard InChI is InChI=1S/C40H44FN3O7S/c1-25(29-16-18-33(41)19-17-29)44-35(38(47)43(40(44,3)4)24-28-14-10-7-11-15-28)36(45)34(20-27-12-8-6-9-13-27)42-37(46)31-21-30(26(2)52(5,50)51)22-32(23-31)39(48)49/h6-19,21-23,25-26,34-36,45H,20,24H2,1-5H3,(H,42,46)(H,48,49)/t25-,26?,34+,35?,36?/m1/s1. The summed E-state index contributed by atoms with van der Waals surface area (Å²) in [7, 11) is -3.65. The zero-order valence-electron chi connectivity index (χ0n) is 29.7. The number of sulfone groups is 1. The molecule has 0 aliphatic carbocycles. The number of aliphatic hydroxyl groups excluding tert-OH is 1. The number of benzene rings is 4. The predicted molar refractivity (Wildman–Crippen MR) is 196 cm³/mol. The van der Waals surface area contributed by atoms with Crippen molar-refractivity contribution in [1.29, 1.82) is 0 Å². The van der Waals surface area contributed by atoms with Crippen LogP contribution in [0, 0.1) is 5.82 Å². The van der Waals surface area contributed by atoms with Crippen LogP contribution in [0.15, 0.2) is 103 Å². The van der Waals surface area contributed by atoms with Crippen LogP contribution in [0.3, 0.4) is 0 Å². The molecule has 274 valence electrons. The molecule has 1 heterocycles. The van der Waals surface area contributed by atoms with E-state index in [-0.39, 0.29) is 35.6 Å². The lowest BCUT2D eigenvalue weighted by atomic mass is 9.92. The van der Waals surface area contributed by atoms with Crippen molar-refractivity contribution in [3.8, 4) is 0 Å². The molecule has 1 aliphatic rings. The maximum atomic E-state index is 14.6. The number of carboxylic acids is 1. The highest BCUT2D eigenvalue weighted by molar-refractivity contribution is 7.90. The molecule has 1 fully saturated rings. The highest BCUT2D eigenvalue weighted by Gasteiger charge is 2.56. The van der Waals surface area contributed by atoms with Gasteiger partial charge in [0, 0.05) is 24.4 Å². The first kappa shape index (κ1) is 38.3. The fourth-order valence-electron chi connectivity index (χ4n) is 6.98. The minimum absolute atomic E-state index is 0.0978. The van der Waals surface area contributed by atoms with Crippen LogP contribution in [-0.4, -0.2) is 76.3 Å². The normalized spacial score (nSPS) is 18.4. The van der Waals surface area contributed by atoms with Gasteiger partial charge in [-0.25, -0.2) is 17.6 Å². The van der Waals surface area contributed by atoms with E-state index in [4.69, 9.17) is 0 Å². The first-order valence-electron chi connectivity index (χ1n) is 17.0. The lowest BCUT2D eigenvalue weighted by Crippen LogP contribution is -2.58. The minimum Gasteiger partial charge on any atom is -0.478 e. The van der Waals surface area contributed by atoms with E-state index < -0.39 is 62.7 Å². The van der Waals surface area contributed by atoms with Gasteiger partial charge < -0.3 is 20.4 Å². The second kappa shape index (κ2) is 15.4. The Kier molecular flexibility index (Phi) is 11.3. The molecule has 3 N–H and O–H groups in total. The Morgan fingerprint density at radius 2 is 1.42 bits per heavy atom. The number of nitrogens with one attached hydrogen (secondary N) is 1. The predicted octanol–water partition coefficient (Wildman–Crippen LogP) is 5.54. The van der Waals surface area contributed by atoms with Gasteiger partial charge in [-0.3, -0.25) is 14.5 Å². The second-order valence-corrected chi connectivity index (χ2v) is 16.2. The summed E-state index contributed by atoms with van der Waals surface area (Å²) in [5, 5.41) is 24.0. The van der Waals surface area contributed by atoms with Crippen molar-refractivity contribution in [2.24, 2.45) is 0 Å². The Morgan fingerprint density at radius 3 is 1.98 bits per heavy atom. The van der Waals surface area contributed by atoms with Gasteiger partial charge in [-0.15, -0.1) is 0 Å². The smallest absolute Gasteiger partial charge is 0.335 e. The average Bonchev–Trinajstić information content (AvgIpc) is 3.31. The van der Waals surface area contributed by atoms with E-state index in [2.05, 4.69) is 5.32 Å². The molecule has 4 aromatic rings. The van der Waals surface area contributed by atoms with Crippen molar-refractivity contribution in [2.45, 2.75) is 75.8 Å². The molecule has 0 saturated carbocycles. The van der Waals surface area contributed by atoms with Gasteiger partial charge in [0.25, 0.3) is 5.91 Å².